The van der Waals surface area contributed by atoms with Gasteiger partial charge in [-0.15, -0.1) is 0 Å². The molecule has 0 unspecified atom stereocenters. The highest BCUT2D eigenvalue weighted by Crippen LogP contribution is 2.42. The summed E-state index contributed by atoms with van der Waals surface area (Å²) in [7, 11) is 0. The molecule has 2 bridgehead atoms. The lowest BCUT2D eigenvalue weighted by Gasteiger charge is -2.57. The summed E-state index contributed by atoms with van der Waals surface area (Å²) in [5, 5.41) is 2.82. The molecule has 3 saturated heterocycles. The van der Waals surface area contributed by atoms with E-state index in [0.717, 1.165) is 37.7 Å². The number of rotatable bonds is 4. The Morgan fingerprint density at radius 2 is 1.97 bits per heavy atom. The minimum Gasteiger partial charge on any atom is -0.297 e. The van der Waals surface area contributed by atoms with E-state index >= 15 is 0 Å². The zero-order valence-electron chi connectivity index (χ0n) is 17.9. The second kappa shape index (κ2) is 7.88. The Morgan fingerprint density at radius 1 is 1.10 bits per heavy atom. The van der Waals surface area contributed by atoms with Crippen LogP contribution in [0.25, 0.3) is 5.78 Å². The van der Waals surface area contributed by atoms with Gasteiger partial charge in [0.2, 0.25) is 0 Å². The number of H-pyrrole nitrogens is 1. The number of aromatic amines is 1. The number of hydrogen-bond acceptors (Lipinski definition) is 5. The number of piperidine rings is 3. The average Bonchev–Trinajstić information content (AvgIpc) is 3.27. The summed E-state index contributed by atoms with van der Waals surface area (Å²) >= 11 is 0. The van der Waals surface area contributed by atoms with E-state index in [0.29, 0.717) is 23.8 Å². The summed E-state index contributed by atoms with van der Waals surface area (Å²) in [5.74, 6) is 1.85. The molecular formula is C24H30N6O. The molecule has 31 heavy (non-hydrogen) atoms. The Bertz CT molecular complexity index is 1110. The van der Waals surface area contributed by atoms with Gasteiger partial charge in [0.15, 0.2) is 0 Å². The highest BCUT2D eigenvalue weighted by Gasteiger charge is 2.46. The first-order chi connectivity index (χ1) is 15.2. The Labute approximate surface area is 182 Å². The normalized spacial score (nSPS) is 29.2. The molecule has 7 nitrogen and oxygen atoms in total. The molecule has 1 N–H and O–H groups in total. The molecule has 6 rings (SSSR count). The molecule has 5 heterocycles. The Balaban J connectivity index is 1.26. The largest absolute Gasteiger partial charge is 0.297 e. The van der Waals surface area contributed by atoms with Crippen molar-refractivity contribution in [1.29, 1.82) is 0 Å². The van der Waals surface area contributed by atoms with Crippen LogP contribution in [0.15, 0.2) is 47.5 Å². The van der Waals surface area contributed by atoms with Crippen LogP contribution in [-0.4, -0.2) is 61.1 Å². The van der Waals surface area contributed by atoms with Gasteiger partial charge in [-0.1, -0.05) is 36.8 Å². The van der Waals surface area contributed by atoms with Crippen molar-refractivity contribution in [2.45, 2.75) is 50.7 Å². The summed E-state index contributed by atoms with van der Waals surface area (Å²) in [4.78, 5) is 26.6. The van der Waals surface area contributed by atoms with E-state index in [1.54, 1.807) is 6.07 Å². The van der Waals surface area contributed by atoms with Crippen LogP contribution in [0.3, 0.4) is 0 Å². The van der Waals surface area contributed by atoms with E-state index in [1.807, 2.05) is 0 Å². The predicted molar refractivity (Wildman–Crippen MR) is 119 cm³/mol. The van der Waals surface area contributed by atoms with Gasteiger partial charge in [-0.3, -0.25) is 19.7 Å². The van der Waals surface area contributed by atoms with Crippen molar-refractivity contribution < 1.29 is 0 Å². The van der Waals surface area contributed by atoms with Gasteiger partial charge in [-0.2, -0.15) is 4.52 Å². The number of nitrogens with zero attached hydrogens (tertiary/aromatic N) is 5. The predicted octanol–water partition coefficient (Wildman–Crippen LogP) is 2.34. The lowest BCUT2D eigenvalue weighted by atomic mass is 9.71. The summed E-state index contributed by atoms with van der Waals surface area (Å²) in [6.45, 7) is 4.18. The van der Waals surface area contributed by atoms with Gasteiger partial charge < -0.3 is 0 Å². The van der Waals surface area contributed by atoms with Crippen LogP contribution in [0.2, 0.25) is 0 Å². The zero-order chi connectivity index (χ0) is 20.8. The monoisotopic (exact) mass is 418 g/mol. The maximum Gasteiger partial charge on any atom is 0.274 e. The molecule has 0 aliphatic carbocycles. The number of fused-ring (bicyclic) bond motifs is 5. The van der Waals surface area contributed by atoms with Gasteiger partial charge in [-0.05, 0) is 49.6 Å². The third-order valence-electron chi connectivity index (χ3n) is 7.69. The van der Waals surface area contributed by atoms with Crippen molar-refractivity contribution in [2.75, 3.05) is 19.6 Å². The van der Waals surface area contributed by atoms with Gasteiger partial charge in [0.05, 0.1) is 5.69 Å². The fraction of sp³-hybridized carbons (Fsp3) is 0.542. The van der Waals surface area contributed by atoms with Gasteiger partial charge in [0, 0.05) is 37.8 Å². The van der Waals surface area contributed by atoms with Crippen molar-refractivity contribution in [2.24, 2.45) is 11.8 Å². The first kappa shape index (κ1) is 19.2. The molecule has 3 aliphatic heterocycles. The van der Waals surface area contributed by atoms with Crippen LogP contribution < -0.4 is 5.56 Å². The number of benzene rings is 1. The molecule has 0 radical (unpaired) electrons. The third-order valence-corrected chi connectivity index (χ3v) is 7.69. The van der Waals surface area contributed by atoms with Crippen molar-refractivity contribution >= 4 is 5.78 Å². The smallest absolute Gasteiger partial charge is 0.274 e. The minimum atomic E-state index is -0.0879. The second-order valence-corrected chi connectivity index (χ2v) is 9.62. The molecule has 2 aromatic heterocycles. The quantitative estimate of drug-likeness (QED) is 0.704. The van der Waals surface area contributed by atoms with Crippen LogP contribution in [-0.2, 0) is 13.0 Å². The first-order valence-electron chi connectivity index (χ1n) is 11.7. The summed E-state index contributed by atoms with van der Waals surface area (Å²) in [6.07, 6.45) is 8.02. The second-order valence-electron chi connectivity index (χ2n) is 9.62. The van der Waals surface area contributed by atoms with Gasteiger partial charge in [0.1, 0.15) is 6.33 Å². The molecule has 162 valence electrons. The van der Waals surface area contributed by atoms with E-state index in [1.165, 1.54) is 48.6 Å². The van der Waals surface area contributed by atoms with Gasteiger partial charge in [0.25, 0.3) is 11.3 Å². The van der Waals surface area contributed by atoms with Crippen molar-refractivity contribution in [3.8, 4) is 0 Å². The molecule has 3 aromatic rings. The van der Waals surface area contributed by atoms with Crippen LogP contribution in [0.4, 0.5) is 0 Å². The minimum absolute atomic E-state index is 0.0879. The summed E-state index contributed by atoms with van der Waals surface area (Å²) in [6, 6.07) is 14.0. The zero-order valence-corrected chi connectivity index (χ0v) is 17.9. The van der Waals surface area contributed by atoms with E-state index in [9.17, 15) is 4.79 Å². The molecule has 4 atom stereocenters. The molecule has 0 saturated carbocycles. The van der Waals surface area contributed by atoms with Crippen molar-refractivity contribution in [3.63, 3.8) is 0 Å². The SMILES string of the molecule is O=c1cc(CN2C[C@H]3C[C@@H](C2)[C@H](Cc2ccccc2)N2CCCC[C@@H]32)nc2nc[nH]n12. The highest BCUT2D eigenvalue weighted by atomic mass is 16.1. The molecular weight excluding hydrogens is 388 g/mol. The number of hydrogen-bond donors (Lipinski definition) is 1. The molecule has 3 aliphatic rings. The van der Waals surface area contributed by atoms with Gasteiger partial charge >= 0.3 is 0 Å². The van der Waals surface area contributed by atoms with Crippen molar-refractivity contribution in [1.82, 2.24) is 29.4 Å². The number of nitrogens with one attached hydrogen (secondary N) is 1. The lowest BCUT2D eigenvalue weighted by Crippen LogP contribution is -2.63. The average molecular weight is 419 g/mol. The highest BCUT2D eigenvalue weighted by molar-refractivity contribution is 5.26. The van der Waals surface area contributed by atoms with E-state index in [-0.39, 0.29) is 5.56 Å². The number of aromatic nitrogens is 4. The van der Waals surface area contributed by atoms with Crippen LogP contribution in [0.5, 0.6) is 0 Å². The molecule has 0 spiro atoms. The van der Waals surface area contributed by atoms with Crippen LogP contribution in [0, 0.1) is 11.8 Å². The maximum absolute atomic E-state index is 12.4. The van der Waals surface area contributed by atoms with Crippen LogP contribution in [0.1, 0.15) is 36.9 Å². The van der Waals surface area contributed by atoms with Crippen LogP contribution >= 0.6 is 0 Å². The van der Waals surface area contributed by atoms with E-state index in [2.05, 4.69) is 55.2 Å². The van der Waals surface area contributed by atoms with Gasteiger partial charge in [-0.25, -0.2) is 9.97 Å². The summed E-state index contributed by atoms with van der Waals surface area (Å²) < 4.78 is 1.39. The van der Waals surface area contributed by atoms with E-state index < -0.39 is 0 Å². The fourth-order valence-electron chi connectivity index (χ4n) is 6.45. The fourth-order valence-corrected chi connectivity index (χ4v) is 6.45. The maximum atomic E-state index is 12.4. The summed E-state index contributed by atoms with van der Waals surface area (Å²) in [5.41, 5.74) is 2.19. The Kier molecular flexibility index (Phi) is 4.88. The molecule has 0 amide bonds. The standard InChI is InChI=1S/C24H30N6O/c31-23-12-20(27-24-25-16-26-30(23)24)15-28-13-18-11-19(14-28)22(10-17-6-2-1-3-7-17)29-9-5-4-8-21(18)29/h1-3,6-7,12,16,18-19,21-22H,4-5,8-11,13-15H2,(H,25,26,27)/t18-,19+,21+,22+/m1/s1. The van der Waals surface area contributed by atoms with Crippen molar-refractivity contribution in [3.05, 3.63) is 64.3 Å². The first-order valence-corrected chi connectivity index (χ1v) is 11.7. The lowest BCUT2D eigenvalue weighted by molar-refractivity contribution is -0.0731. The Hall–Kier alpha value is -2.51. The topological polar surface area (TPSA) is 69.5 Å². The molecule has 3 fully saturated rings. The Morgan fingerprint density at radius 3 is 2.87 bits per heavy atom. The molecule has 1 aromatic carbocycles. The third kappa shape index (κ3) is 3.59. The number of likely N-dealkylation sites (tertiary alicyclic amines) is 1. The van der Waals surface area contributed by atoms with E-state index in [4.69, 9.17) is 0 Å². The molecule has 7 heteroatoms.